The molecule has 1 aromatic heterocycles. The molecule has 2 aromatic carbocycles. The second-order valence-corrected chi connectivity index (χ2v) is 9.43. The Kier molecular flexibility index (Phi) is 6.77. The van der Waals surface area contributed by atoms with Crippen LogP contribution >= 0.6 is 0 Å². The maximum absolute atomic E-state index is 11.8. The van der Waals surface area contributed by atoms with Crippen molar-refractivity contribution in [1.82, 2.24) is 15.6 Å². The van der Waals surface area contributed by atoms with Crippen LogP contribution in [0.3, 0.4) is 0 Å². The molecule has 0 aliphatic rings. The zero-order valence-electron chi connectivity index (χ0n) is 18.9. The summed E-state index contributed by atoms with van der Waals surface area (Å²) in [5.74, 6) is 0.736. The Morgan fingerprint density at radius 1 is 1.06 bits per heavy atom. The number of fused-ring (bicyclic) bond motifs is 3. The molecule has 7 heteroatoms. The van der Waals surface area contributed by atoms with Gasteiger partial charge in [-0.05, 0) is 52.8 Å². The molecule has 0 radical (unpaired) electrons. The molecule has 1 heterocycles. The first-order valence-electron chi connectivity index (χ1n) is 10.6. The fourth-order valence-electron chi connectivity index (χ4n) is 3.30. The van der Waals surface area contributed by atoms with Crippen LogP contribution in [-0.4, -0.2) is 53.1 Å². The van der Waals surface area contributed by atoms with Gasteiger partial charge in [0.05, 0.1) is 5.52 Å². The molecule has 1 atom stereocenters. The van der Waals surface area contributed by atoms with Gasteiger partial charge in [0.25, 0.3) is 0 Å². The van der Waals surface area contributed by atoms with Gasteiger partial charge < -0.3 is 30.2 Å². The summed E-state index contributed by atoms with van der Waals surface area (Å²) in [7, 11) is 0. The van der Waals surface area contributed by atoms with Crippen molar-refractivity contribution in [3.05, 3.63) is 42.5 Å². The predicted molar refractivity (Wildman–Crippen MR) is 124 cm³/mol. The van der Waals surface area contributed by atoms with E-state index >= 15 is 0 Å². The lowest BCUT2D eigenvalue weighted by atomic mass is 10.1. The standard InChI is InChI=1S/C24H33N3O4/c1-23(2,3)31-22(29)25-15-24(4,5)26-13-16(28)14-30-20-12-8-11-19-21(20)17-9-6-7-10-18(17)27-19/h6-12,16,26-28H,13-15H2,1-5H3,(H,25,29). The fraction of sp³-hybridized carbons (Fsp3) is 0.458. The molecule has 3 aromatic rings. The second-order valence-electron chi connectivity index (χ2n) is 9.43. The first kappa shape index (κ1) is 22.9. The number of para-hydroxylation sites is 1. The smallest absolute Gasteiger partial charge is 0.407 e. The van der Waals surface area contributed by atoms with Crippen LogP contribution in [0.4, 0.5) is 4.79 Å². The van der Waals surface area contributed by atoms with Crippen molar-refractivity contribution in [2.45, 2.75) is 51.9 Å². The number of carbonyl (C=O) groups is 1. The summed E-state index contributed by atoms with van der Waals surface area (Å²) in [5.41, 5.74) is 1.09. The number of ether oxygens (including phenoxy) is 2. The molecule has 4 N–H and O–H groups in total. The number of rotatable bonds is 8. The Labute approximate surface area is 183 Å². The molecule has 0 bridgehead atoms. The third-order valence-electron chi connectivity index (χ3n) is 4.81. The van der Waals surface area contributed by atoms with E-state index in [1.807, 2.05) is 71.0 Å². The van der Waals surface area contributed by atoms with Crippen molar-refractivity contribution in [1.29, 1.82) is 0 Å². The minimum atomic E-state index is -0.707. The van der Waals surface area contributed by atoms with Gasteiger partial charge >= 0.3 is 6.09 Å². The van der Waals surface area contributed by atoms with E-state index in [9.17, 15) is 9.90 Å². The van der Waals surface area contributed by atoms with Crippen LogP contribution in [0.2, 0.25) is 0 Å². The average molecular weight is 428 g/mol. The van der Waals surface area contributed by atoms with Crippen molar-refractivity contribution in [3.8, 4) is 5.75 Å². The van der Waals surface area contributed by atoms with Gasteiger partial charge in [-0.15, -0.1) is 0 Å². The number of aromatic nitrogens is 1. The summed E-state index contributed by atoms with van der Waals surface area (Å²) < 4.78 is 11.2. The zero-order valence-corrected chi connectivity index (χ0v) is 18.9. The molecule has 0 aliphatic carbocycles. The van der Waals surface area contributed by atoms with Gasteiger partial charge in [0.2, 0.25) is 0 Å². The molecule has 1 unspecified atom stereocenters. The fourth-order valence-corrected chi connectivity index (χ4v) is 3.30. The van der Waals surface area contributed by atoms with E-state index in [1.165, 1.54) is 0 Å². The Balaban J connectivity index is 1.52. The van der Waals surface area contributed by atoms with Crippen LogP contribution in [0.5, 0.6) is 5.75 Å². The molecular weight excluding hydrogens is 394 g/mol. The Morgan fingerprint density at radius 2 is 1.77 bits per heavy atom. The number of benzene rings is 2. The summed E-state index contributed by atoms with van der Waals surface area (Å²) >= 11 is 0. The van der Waals surface area contributed by atoms with Gasteiger partial charge in [-0.1, -0.05) is 24.3 Å². The normalized spacial score (nSPS) is 13.4. The molecule has 0 saturated heterocycles. The highest BCUT2D eigenvalue weighted by atomic mass is 16.6. The SMILES string of the molecule is CC(C)(CNC(=O)OC(C)(C)C)NCC(O)COc1cccc2[nH]c3ccccc3c12. The van der Waals surface area contributed by atoms with E-state index in [1.54, 1.807) is 0 Å². The van der Waals surface area contributed by atoms with Crippen LogP contribution in [0.15, 0.2) is 42.5 Å². The molecule has 0 saturated carbocycles. The summed E-state index contributed by atoms with van der Waals surface area (Å²) in [6.45, 7) is 10.2. The second kappa shape index (κ2) is 9.16. The molecular formula is C24H33N3O4. The lowest BCUT2D eigenvalue weighted by Crippen LogP contribution is -2.52. The Morgan fingerprint density at radius 3 is 2.52 bits per heavy atom. The molecule has 0 aliphatic heterocycles. The number of H-pyrrole nitrogens is 1. The first-order valence-corrected chi connectivity index (χ1v) is 10.6. The molecule has 3 rings (SSSR count). The maximum atomic E-state index is 11.8. The van der Waals surface area contributed by atoms with Gasteiger partial charge in [-0.3, -0.25) is 0 Å². The van der Waals surface area contributed by atoms with Gasteiger partial charge in [-0.25, -0.2) is 4.79 Å². The molecule has 1 amide bonds. The number of amides is 1. The largest absolute Gasteiger partial charge is 0.490 e. The molecule has 0 fully saturated rings. The summed E-state index contributed by atoms with van der Waals surface area (Å²) in [6, 6.07) is 13.9. The number of β-amino-alcohol motifs (C(OH)–C–C–N with tert-alkyl or cyclic N) is 1. The maximum Gasteiger partial charge on any atom is 0.407 e. The monoisotopic (exact) mass is 427 g/mol. The lowest BCUT2D eigenvalue weighted by Gasteiger charge is -2.29. The van der Waals surface area contributed by atoms with E-state index in [0.717, 1.165) is 27.6 Å². The van der Waals surface area contributed by atoms with E-state index in [2.05, 4.69) is 21.7 Å². The van der Waals surface area contributed by atoms with Crippen molar-refractivity contribution in [2.75, 3.05) is 19.7 Å². The lowest BCUT2D eigenvalue weighted by molar-refractivity contribution is 0.0509. The predicted octanol–water partition coefficient (Wildman–Crippen LogP) is 3.95. The Hall–Kier alpha value is -2.77. The number of alkyl carbamates (subject to hydrolysis) is 1. The number of aliphatic hydroxyl groups excluding tert-OH is 1. The van der Waals surface area contributed by atoms with Crippen molar-refractivity contribution in [3.63, 3.8) is 0 Å². The van der Waals surface area contributed by atoms with Crippen LogP contribution in [0, 0.1) is 0 Å². The van der Waals surface area contributed by atoms with Gasteiger partial charge in [0.1, 0.15) is 24.1 Å². The minimum Gasteiger partial charge on any atom is -0.490 e. The number of aliphatic hydroxyl groups is 1. The minimum absolute atomic E-state index is 0.154. The van der Waals surface area contributed by atoms with Crippen molar-refractivity contribution in [2.24, 2.45) is 0 Å². The van der Waals surface area contributed by atoms with E-state index in [-0.39, 0.29) is 6.61 Å². The van der Waals surface area contributed by atoms with Crippen LogP contribution in [0.25, 0.3) is 21.8 Å². The first-order chi connectivity index (χ1) is 14.5. The Bertz CT molecular complexity index is 1040. The van der Waals surface area contributed by atoms with Crippen LogP contribution < -0.4 is 15.4 Å². The molecule has 168 valence electrons. The highest BCUT2D eigenvalue weighted by Gasteiger charge is 2.22. The number of carbonyl (C=O) groups excluding carboxylic acids is 1. The molecule has 31 heavy (non-hydrogen) atoms. The van der Waals surface area contributed by atoms with Crippen LogP contribution in [0.1, 0.15) is 34.6 Å². The van der Waals surface area contributed by atoms with E-state index in [4.69, 9.17) is 9.47 Å². The topological polar surface area (TPSA) is 95.6 Å². The van der Waals surface area contributed by atoms with E-state index < -0.39 is 23.3 Å². The third kappa shape index (κ3) is 6.35. The number of hydrogen-bond acceptors (Lipinski definition) is 5. The molecule has 7 nitrogen and oxygen atoms in total. The highest BCUT2D eigenvalue weighted by Crippen LogP contribution is 2.32. The van der Waals surface area contributed by atoms with Crippen LogP contribution in [-0.2, 0) is 4.74 Å². The van der Waals surface area contributed by atoms with Crippen molar-refractivity contribution >= 4 is 27.9 Å². The summed E-state index contributed by atoms with van der Waals surface area (Å²) in [6.07, 6.45) is -1.17. The quantitative estimate of drug-likeness (QED) is 0.437. The number of aromatic amines is 1. The van der Waals surface area contributed by atoms with Gasteiger partial charge in [-0.2, -0.15) is 0 Å². The van der Waals surface area contributed by atoms with Gasteiger partial charge in [0.15, 0.2) is 0 Å². The van der Waals surface area contributed by atoms with E-state index in [0.29, 0.717) is 13.1 Å². The number of hydrogen-bond donors (Lipinski definition) is 4. The number of nitrogens with one attached hydrogen (secondary N) is 3. The highest BCUT2D eigenvalue weighted by molar-refractivity contribution is 6.10. The van der Waals surface area contributed by atoms with Gasteiger partial charge in [0, 0.05) is 34.9 Å². The average Bonchev–Trinajstić information content (AvgIpc) is 3.07. The summed E-state index contributed by atoms with van der Waals surface area (Å²) in [4.78, 5) is 15.2. The third-order valence-corrected chi connectivity index (χ3v) is 4.81. The zero-order chi connectivity index (χ0) is 22.6. The van der Waals surface area contributed by atoms with Crippen molar-refractivity contribution < 1.29 is 19.4 Å². The molecule has 0 spiro atoms. The summed E-state index contributed by atoms with van der Waals surface area (Å²) in [5, 5.41) is 18.6.